The highest BCUT2D eigenvalue weighted by Crippen LogP contribution is 2.33. The molecule has 0 aromatic heterocycles. The van der Waals surface area contributed by atoms with Crippen molar-refractivity contribution in [3.05, 3.63) is 64.1 Å². The molecule has 1 atom stereocenters. The fourth-order valence-electron chi connectivity index (χ4n) is 2.70. The standard InChI is InChI=1S/C20H25BrN2O3S/c1-20(2,3)18(14-9-7-6-8-10-14)22-19(24)15-11-12-16(21)17(13-15)27(25,26)23(4)5/h6-13,18H,1-5H3,(H,22,24). The maximum atomic E-state index is 12.9. The van der Waals surface area contributed by atoms with Crippen LogP contribution in [-0.2, 0) is 10.0 Å². The number of nitrogens with zero attached hydrogens (tertiary/aromatic N) is 1. The highest BCUT2D eigenvalue weighted by atomic mass is 79.9. The second kappa shape index (κ2) is 8.12. The molecule has 0 heterocycles. The molecule has 0 bridgehead atoms. The van der Waals surface area contributed by atoms with Crippen molar-refractivity contribution in [2.24, 2.45) is 5.41 Å². The van der Waals surface area contributed by atoms with Crippen molar-refractivity contribution in [3.8, 4) is 0 Å². The summed E-state index contributed by atoms with van der Waals surface area (Å²) in [4.78, 5) is 13.0. The van der Waals surface area contributed by atoms with Gasteiger partial charge in [0.05, 0.1) is 10.9 Å². The molecular formula is C20H25BrN2O3S. The lowest BCUT2D eigenvalue weighted by Crippen LogP contribution is -2.36. The van der Waals surface area contributed by atoms with Crippen LogP contribution < -0.4 is 5.32 Å². The van der Waals surface area contributed by atoms with Gasteiger partial charge in [-0.2, -0.15) is 0 Å². The molecule has 1 N–H and O–H groups in total. The van der Waals surface area contributed by atoms with E-state index in [4.69, 9.17) is 0 Å². The Hall–Kier alpha value is -1.70. The zero-order chi connectivity index (χ0) is 20.4. The minimum Gasteiger partial charge on any atom is -0.345 e. The van der Waals surface area contributed by atoms with Crippen molar-refractivity contribution in [2.75, 3.05) is 14.1 Å². The summed E-state index contributed by atoms with van der Waals surface area (Å²) in [7, 11) is -0.750. The molecule has 0 radical (unpaired) electrons. The van der Waals surface area contributed by atoms with E-state index in [-0.39, 0.29) is 22.3 Å². The van der Waals surface area contributed by atoms with Crippen LogP contribution in [0.1, 0.15) is 42.7 Å². The molecule has 7 heteroatoms. The summed E-state index contributed by atoms with van der Waals surface area (Å²) in [6, 6.07) is 14.1. The summed E-state index contributed by atoms with van der Waals surface area (Å²) in [6.45, 7) is 6.15. The van der Waals surface area contributed by atoms with Gasteiger partial charge in [-0.05, 0) is 45.1 Å². The van der Waals surface area contributed by atoms with Crippen molar-refractivity contribution >= 4 is 31.9 Å². The van der Waals surface area contributed by atoms with Gasteiger partial charge in [0, 0.05) is 24.1 Å². The Morgan fingerprint density at radius 3 is 2.19 bits per heavy atom. The number of carbonyl (C=O) groups is 1. The van der Waals surface area contributed by atoms with Crippen molar-refractivity contribution in [1.29, 1.82) is 0 Å². The van der Waals surface area contributed by atoms with E-state index in [0.29, 0.717) is 10.0 Å². The summed E-state index contributed by atoms with van der Waals surface area (Å²) in [6.07, 6.45) is 0. The quantitative estimate of drug-likeness (QED) is 0.738. The fraction of sp³-hybridized carbons (Fsp3) is 0.350. The number of hydrogen-bond donors (Lipinski definition) is 1. The fourth-order valence-corrected chi connectivity index (χ4v) is 4.54. The Morgan fingerprint density at radius 2 is 1.67 bits per heavy atom. The Morgan fingerprint density at radius 1 is 1.07 bits per heavy atom. The molecule has 0 aliphatic carbocycles. The number of benzene rings is 2. The Labute approximate surface area is 170 Å². The number of rotatable bonds is 5. The molecule has 146 valence electrons. The summed E-state index contributed by atoms with van der Waals surface area (Å²) < 4.78 is 26.5. The lowest BCUT2D eigenvalue weighted by atomic mass is 9.82. The molecule has 0 aliphatic rings. The second-order valence-corrected chi connectivity index (χ2v) is 10.6. The molecule has 27 heavy (non-hydrogen) atoms. The average molecular weight is 453 g/mol. The van der Waals surface area contributed by atoms with Gasteiger partial charge in [-0.1, -0.05) is 51.1 Å². The van der Waals surface area contributed by atoms with Crippen LogP contribution >= 0.6 is 15.9 Å². The van der Waals surface area contributed by atoms with Crippen LogP contribution in [0.4, 0.5) is 0 Å². The smallest absolute Gasteiger partial charge is 0.251 e. The van der Waals surface area contributed by atoms with E-state index in [0.717, 1.165) is 9.87 Å². The van der Waals surface area contributed by atoms with Gasteiger partial charge in [0.25, 0.3) is 5.91 Å². The van der Waals surface area contributed by atoms with Gasteiger partial charge in [-0.15, -0.1) is 0 Å². The predicted octanol–water partition coefficient (Wildman–Crippen LogP) is 4.22. The SMILES string of the molecule is CN(C)S(=O)(=O)c1cc(C(=O)NC(c2ccccc2)C(C)(C)C)ccc1Br. The minimum absolute atomic E-state index is 0.0622. The number of halogens is 1. The first-order valence-corrected chi connectivity index (χ1v) is 10.8. The Bertz CT molecular complexity index is 920. The molecule has 2 rings (SSSR count). The topological polar surface area (TPSA) is 66.5 Å². The molecule has 0 spiro atoms. The molecule has 2 aromatic rings. The van der Waals surface area contributed by atoms with Crippen molar-refractivity contribution in [1.82, 2.24) is 9.62 Å². The Kier molecular flexibility index (Phi) is 6.50. The van der Waals surface area contributed by atoms with Crippen LogP contribution in [-0.4, -0.2) is 32.7 Å². The summed E-state index contributed by atoms with van der Waals surface area (Å²) in [5.74, 6) is -0.318. The molecule has 1 amide bonds. The largest absolute Gasteiger partial charge is 0.345 e. The maximum absolute atomic E-state index is 12.9. The van der Waals surface area contributed by atoms with Gasteiger partial charge in [0.1, 0.15) is 0 Å². The number of carbonyl (C=O) groups excluding carboxylic acids is 1. The van der Waals surface area contributed by atoms with E-state index in [2.05, 4.69) is 42.0 Å². The summed E-state index contributed by atoms with van der Waals surface area (Å²) in [5.41, 5.74) is 1.07. The summed E-state index contributed by atoms with van der Waals surface area (Å²) in [5, 5.41) is 3.05. The van der Waals surface area contributed by atoms with Crippen molar-refractivity contribution < 1.29 is 13.2 Å². The van der Waals surface area contributed by atoms with Crippen LogP contribution in [0.15, 0.2) is 57.9 Å². The minimum atomic E-state index is -3.67. The highest BCUT2D eigenvalue weighted by Gasteiger charge is 2.29. The number of sulfonamides is 1. The van der Waals surface area contributed by atoms with Crippen molar-refractivity contribution in [3.63, 3.8) is 0 Å². The van der Waals surface area contributed by atoms with E-state index in [9.17, 15) is 13.2 Å². The number of hydrogen-bond acceptors (Lipinski definition) is 3. The predicted molar refractivity (Wildman–Crippen MR) is 111 cm³/mol. The van der Waals surface area contributed by atoms with E-state index in [1.165, 1.54) is 20.2 Å². The average Bonchev–Trinajstić information content (AvgIpc) is 2.59. The normalized spacial score (nSPS) is 13.4. The van der Waals surface area contributed by atoms with Gasteiger partial charge in [-0.25, -0.2) is 12.7 Å². The highest BCUT2D eigenvalue weighted by molar-refractivity contribution is 9.10. The third-order valence-corrected chi connectivity index (χ3v) is 7.04. The maximum Gasteiger partial charge on any atom is 0.251 e. The first-order chi connectivity index (χ1) is 12.4. The third-order valence-electron chi connectivity index (χ3n) is 4.23. The van der Waals surface area contributed by atoms with Crippen LogP contribution in [0.5, 0.6) is 0 Å². The first-order valence-electron chi connectivity index (χ1n) is 8.52. The zero-order valence-electron chi connectivity index (χ0n) is 16.2. The van der Waals surface area contributed by atoms with Gasteiger partial charge >= 0.3 is 0 Å². The Balaban J connectivity index is 2.40. The lowest BCUT2D eigenvalue weighted by Gasteiger charge is -2.32. The number of nitrogens with one attached hydrogen (secondary N) is 1. The molecular weight excluding hydrogens is 428 g/mol. The third kappa shape index (κ3) is 4.97. The van der Waals surface area contributed by atoms with E-state index < -0.39 is 10.0 Å². The molecule has 2 aromatic carbocycles. The van der Waals surface area contributed by atoms with E-state index in [1.54, 1.807) is 12.1 Å². The van der Waals surface area contributed by atoms with Crippen LogP contribution in [0.3, 0.4) is 0 Å². The lowest BCUT2D eigenvalue weighted by molar-refractivity contribution is 0.0901. The van der Waals surface area contributed by atoms with Gasteiger partial charge < -0.3 is 5.32 Å². The van der Waals surface area contributed by atoms with E-state index in [1.807, 2.05) is 30.3 Å². The monoisotopic (exact) mass is 452 g/mol. The van der Waals surface area contributed by atoms with Crippen LogP contribution in [0, 0.1) is 5.41 Å². The molecule has 0 saturated heterocycles. The molecule has 0 saturated carbocycles. The molecule has 0 aliphatic heterocycles. The van der Waals surface area contributed by atoms with E-state index >= 15 is 0 Å². The van der Waals surface area contributed by atoms with Crippen molar-refractivity contribution in [2.45, 2.75) is 31.7 Å². The van der Waals surface area contributed by atoms with Gasteiger partial charge in [0.15, 0.2) is 0 Å². The molecule has 0 fully saturated rings. The number of amides is 1. The van der Waals surface area contributed by atoms with Gasteiger partial charge in [-0.3, -0.25) is 4.79 Å². The van der Waals surface area contributed by atoms with Gasteiger partial charge in [0.2, 0.25) is 10.0 Å². The molecule has 5 nitrogen and oxygen atoms in total. The first kappa shape index (κ1) is 21.6. The second-order valence-electron chi connectivity index (χ2n) is 7.62. The van der Waals surface area contributed by atoms with Crippen LogP contribution in [0.25, 0.3) is 0 Å². The van der Waals surface area contributed by atoms with Crippen LogP contribution in [0.2, 0.25) is 0 Å². The molecule has 1 unspecified atom stereocenters. The summed E-state index contributed by atoms with van der Waals surface area (Å²) >= 11 is 3.27. The zero-order valence-corrected chi connectivity index (χ0v) is 18.6.